The van der Waals surface area contributed by atoms with E-state index in [0.717, 1.165) is 42.7 Å². The van der Waals surface area contributed by atoms with E-state index in [-0.39, 0.29) is 6.09 Å². The number of carbonyl (C=O) groups is 1. The third kappa shape index (κ3) is 4.33. The number of aromatic nitrogens is 4. The van der Waals surface area contributed by atoms with Crippen LogP contribution in [0.15, 0.2) is 18.6 Å². The number of H-pyrrole nitrogens is 1. The van der Waals surface area contributed by atoms with Crippen molar-refractivity contribution in [3.63, 3.8) is 0 Å². The van der Waals surface area contributed by atoms with E-state index in [9.17, 15) is 4.79 Å². The Hall–Kier alpha value is -2.87. The maximum atomic E-state index is 12.5. The highest BCUT2D eigenvalue weighted by Gasteiger charge is 2.31. The third-order valence-corrected chi connectivity index (χ3v) is 8.27. The lowest BCUT2D eigenvalue weighted by atomic mass is 9.90. The Balaban J connectivity index is 1.46. The van der Waals surface area contributed by atoms with E-state index >= 15 is 0 Å². The van der Waals surface area contributed by atoms with Crippen molar-refractivity contribution in [1.82, 2.24) is 24.5 Å². The maximum Gasteiger partial charge on any atom is 0.410 e. The van der Waals surface area contributed by atoms with Crippen molar-refractivity contribution in [1.29, 1.82) is 0 Å². The molecule has 1 aliphatic rings. The number of likely N-dealkylation sites (tertiary alicyclic amines) is 1. The van der Waals surface area contributed by atoms with Crippen LogP contribution < -0.4 is 0 Å². The summed E-state index contributed by atoms with van der Waals surface area (Å²) in [6.07, 6.45) is 5.41. The fourth-order valence-corrected chi connectivity index (χ4v) is 6.72. The molecule has 8 heteroatoms. The molecular weight excluding hydrogens is 458 g/mol. The second kappa shape index (κ2) is 8.66. The Kier molecular flexibility index (Phi) is 5.90. The number of hydrogen-bond donors (Lipinski definition) is 1. The first-order valence-electron chi connectivity index (χ1n) is 12.5. The van der Waals surface area contributed by atoms with Crippen molar-refractivity contribution in [3.8, 4) is 11.3 Å². The number of amides is 1. The first-order valence-corrected chi connectivity index (χ1v) is 13.3. The van der Waals surface area contributed by atoms with Crippen molar-refractivity contribution in [2.75, 3.05) is 13.1 Å². The van der Waals surface area contributed by atoms with Gasteiger partial charge in [-0.1, -0.05) is 13.8 Å². The lowest BCUT2D eigenvalue weighted by molar-refractivity contribution is 0.0205. The molecule has 35 heavy (non-hydrogen) atoms. The average Bonchev–Trinajstić information content (AvgIpc) is 3.47. The minimum Gasteiger partial charge on any atom is -0.444 e. The molecule has 0 radical (unpaired) electrons. The molecule has 1 aliphatic heterocycles. The number of pyridine rings is 1. The number of carbonyl (C=O) groups excluding carboxylic acids is 1. The minimum absolute atomic E-state index is 0.197. The number of nitrogens with one attached hydrogen (secondary N) is 1. The molecular formula is C27H35N5O2S. The summed E-state index contributed by atoms with van der Waals surface area (Å²) in [6, 6.07) is 2.20. The number of thiophene rings is 1. The quantitative estimate of drug-likeness (QED) is 0.341. The first kappa shape index (κ1) is 23.9. The Labute approximate surface area is 210 Å². The predicted molar refractivity (Wildman–Crippen MR) is 142 cm³/mol. The molecule has 4 aromatic rings. The Bertz CT molecular complexity index is 1400. The van der Waals surface area contributed by atoms with Gasteiger partial charge in [0.05, 0.1) is 5.69 Å². The number of aromatic amines is 1. The van der Waals surface area contributed by atoms with Gasteiger partial charge >= 0.3 is 6.09 Å². The summed E-state index contributed by atoms with van der Waals surface area (Å²) in [7, 11) is 0. The number of aryl methyl sites for hydroxylation is 2. The SMILES string of the molecule is Cc1c(C2CCN(C(=O)OC(C)(C)C)CC2)sc2[nH]c(-c3cc(C)c4ncnn4c3)c(C(C)C)c12. The average molecular weight is 494 g/mol. The zero-order valence-electron chi connectivity index (χ0n) is 21.7. The molecule has 0 spiro atoms. The van der Waals surface area contributed by atoms with Gasteiger partial charge in [0.25, 0.3) is 0 Å². The molecule has 1 amide bonds. The van der Waals surface area contributed by atoms with E-state index in [2.05, 4.69) is 55.0 Å². The normalized spacial score (nSPS) is 15.6. The van der Waals surface area contributed by atoms with Crippen LogP contribution in [0.3, 0.4) is 0 Å². The number of fused-ring (bicyclic) bond motifs is 2. The van der Waals surface area contributed by atoms with Crippen LogP contribution in [0.25, 0.3) is 27.1 Å². The summed E-state index contributed by atoms with van der Waals surface area (Å²) in [5.74, 6) is 0.845. The van der Waals surface area contributed by atoms with Crippen LogP contribution in [-0.4, -0.2) is 49.3 Å². The van der Waals surface area contributed by atoms with Crippen molar-refractivity contribution in [2.24, 2.45) is 0 Å². The fourth-order valence-electron chi connectivity index (χ4n) is 5.32. The van der Waals surface area contributed by atoms with Gasteiger partial charge in [0.15, 0.2) is 5.65 Å². The molecule has 186 valence electrons. The van der Waals surface area contributed by atoms with Crippen molar-refractivity contribution >= 4 is 33.3 Å². The number of piperidine rings is 1. The van der Waals surface area contributed by atoms with Gasteiger partial charge in [0, 0.05) is 35.1 Å². The van der Waals surface area contributed by atoms with Crippen LogP contribution in [0.5, 0.6) is 0 Å². The zero-order valence-corrected chi connectivity index (χ0v) is 22.5. The zero-order chi connectivity index (χ0) is 25.1. The molecule has 4 aromatic heterocycles. The predicted octanol–water partition coefficient (Wildman–Crippen LogP) is 6.79. The van der Waals surface area contributed by atoms with Gasteiger partial charge in [-0.25, -0.2) is 14.3 Å². The minimum atomic E-state index is -0.459. The molecule has 1 N–H and O–H groups in total. The summed E-state index contributed by atoms with van der Waals surface area (Å²) >= 11 is 1.88. The number of hydrogen-bond acceptors (Lipinski definition) is 5. The second-order valence-electron chi connectivity index (χ2n) is 11.0. The molecule has 5 rings (SSSR count). The Morgan fingerprint density at radius 3 is 2.60 bits per heavy atom. The molecule has 0 atom stereocenters. The van der Waals surface area contributed by atoms with Gasteiger partial charge in [-0.05, 0) is 82.1 Å². The number of ether oxygens (including phenoxy) is 1. The molecule has 7 nitrogen and oxygen atoms in total. The third-order valence-electron chi connectivity index (χ3n) is 6.90. The molecule has 0 saturated carbocycles. The largest absolute Gasteiger partial charge is 0.444 e. The Morgan fingerprint density at radius 2 is 1.94 bits per heavy atom. The van der Waals surface area contributed by atoms with Gasteiger partial charge in [0.2, 0.25) is 0 Å². The summed E-state index contributed by atoms with van der Waals surface area (Å²) in [5.41, 5.74) is 6.61. The van der Waals surface area contributed by atoms with Gasteiger partial charge in [-0.15, -0.1) is 11.3 Å². The molecule has 0 unspecified atom stereocenters. The van der Waals surface area contributed by atoms with Gasteiger partial charge in [0.1, 0.15) is 16.8 Å². The molecule has 0 aromatic carbocycles. The maximum absolute atomic E-state index is 12.5. The van der Waals surface area contributed by atoms with E-state index in [0.29, 0.717) is 11.8 Å². The van der Waals surface area contributed by atoms with Crippen LogP contribution in [0.1, 0.15) is 80.9 Å². The number of nitrogens with zero attached hydrogens (tertiary/aromatic N) is 4. The standard InChI is InChI=1S/C27H35N5O2S/c1-15(2)20-21-17(4)23(18-8-10-31(11-9-18)26(33)34-27(5,6)7)35-25(21)30-22(20)19-12-16(3)24-28-14-29-32(24)13-19/h12-15,18,30H,8-11H2,1-7H3. The lowest BCUT2D eigenvalue weighted by Crippen LogP contribution is -2.41. The first-order chi connectivity index (χ1) is 16.5. The summed E-state index contributed by atoms with van der Waals surface area (Å²) in [5, 5.41) is 5.73. The smallest absolute Gasteiger partial charge is 0.410 e. The van der Waals surface area contributed by atoms with Crippen molar-refractivity contribution < 1.29 is 9.53 Å². The highest BCUT2D eigenvalue weighted by atomic mass is 32.1. The second-order valence-corrected chi connectivity index (χ2v) is 12.1. The summed E-state index contributed by atoms with van der Waals surface area (Å²) in [6.45, 7) is 16.1. The van der Waals surface area contributed by atoms with Crippen LogP contribution in [0.2, 0.25) is 0 Å². The van der Waals surface area contributed by atoms with E-state index in [1.165, 1.54) is 31.9 Å². The van der Waals surface area contributed by atoms with Crippen LogP contribution in [-0.2, 0) is 4.74 Å². The monoisotopic (exact) mass is 493 g/mol. The molecule has 1 saturated heterocycles. The van der Waals surface area contributed by atoms with Gasteiger partial charge in [-0.3, -0.25) is 0 Å². The van der Waals surface area contributed by atoms with Crippen LogP contribution in [0, 0.1) is 13.8 Å². The van der Waals surface area contributed by atoms with E-state index in [4.69, 9.17) is 4.74 Å². The van der Waals surface area contributed by atoms with Crippen LogP contribution >= 0.6 is 11.3 Å². The topological polar surface area (TPSA) is 75.5 Å². The van der Waals surface area contributed by atoms with E-state index < -0.39 is 5.60 Å². The summed E-state index contributed by atoms with van der Waals surface area (Å²) in [4.78, 5) is 25.2. The van der Waals surface area contributed by atoms with Crippen molar-refractivity contribution in [2.45, 2.75) is 78.7 Å². The summed E-state index contributed by atoms with van der Waals surface area (Å²) < 4.78 is 7.44. The fraction of sp³-hybridized carbons (Fsp3) is 0.519. The molecule has 0 bridgehead atoms. The molecule has 1 fully saturated rings. The molecule has 5 heterocycles. The van der Waals surface area contributed by atoms with Crippen LogP contribution in [0.4, 0.5) is 4.79 Å². The van der Waals surface area contributed by atoms with Gasteiger partial charge in [-0.2, -0.15) is 5.10 Å². The lowest BCUT2D eigenvalue weighted by Gasteiger charge is -2.33. The van der Waals surface area contributed by atoms with E-state index in [1.807, 2.05) is 41.5 Å². The van der Waals surface area contributed by atoms with E-state index in [1.54, 1.807) is 6.33 Å². The number of rotatable bonds is 3. The Morgan fingerprint density at radius 1 is 1.23 bits per heavy atom. The highest BCUT2D eigenvalue weighted by Crippen LogP contribution is 2.46. The highest BCUT2D eigenvalue weighted by molar-refractivity contribution is 7.19. The molecule has 0 aliphatic carbocycles. The van der Waals surface area contributed by atoms with Gasteiger partial charge < -0.3 is 14.6 Å². The van der Waals surface area contributed by atoms with Crippen molar-refractivity contribution in [3.05, 3.63) is 40.2 Å².